The van der Waals surface area contributed by atoms with Crippen LogP contribution in [0.5, 0.6) is 5.75 Å². The van der Waals surface area contributed by atoms with Crippen LogP contribution in [0.1, 0.15) is 42.3 Å². The van der Waals surface area contributed by atoms with Crippen molar-refractivity contribution in [3.63, 3.8) is 0 Å². The zero-order valence-corrected chi connectivity index (χ0v) is 25.1. The van der Waals surface area contributed by atoms with Crippen LogP contribution in [0, 0.1) is 0 Å². The van der Waals surface area contributed by atoms with Gasteiger partial charge in [0.1, 0.15) is 12.4 Å². The van der Waals surface area contributed by atoms with E-state index in [0.717, 1.165) is 16.0 Å². The van der Waals surface area contributed by atoms with E-state index in [0.29, 0.717) is 16.2 Å². The predicted molar refractivity (Wildman–Crippen MR) is 162 cm³/mol. The quantitative estimate of drug-likeness (QED) is 0.182. The molecule has 0 saturated heterocycles. The maximum atomic E-state index is 12.8. The Morgan fingerprint density at radius 1 is 1.00 bits per heavy atom. The Bertz CT molecular complexity index is 1430. The Morgan fingerprint density at radius 2 is 1.67 bits per heavy atom. The molecule has 0 aliphatic rings. The van der Waals surface area contributed by atoms with E-state index in [2.05, 4.69) is 4.72 Å². The van der Waals surface area contributed by atoms with Crippen molar-refractivity contribution >= 4 is 33.8 Å². The molecule has 3 rings (SSSR count). The molecule has 0 aromatic heterocycles. The summed E-state index contributed by atoms with van der Waals surface area (Å²) in [5.41, 5.74) is 2.53. The van der Waals surface area contributed by atoms with Crippen LogP contribution in [0.3, 0.4) is 0 Å². The first-order chi connectivity index (χ1) is 20.0. The van der Waals surface area contributed by atoms with Crippen molar-refractivity contribution in [3.8, 4) is 16.9 Å². The van der Waals surface area contributed by atoms with Gasteiger partial charge in [-0.05, 0) is 47.4 Å². The number of amides is 2. The zero-order chi connectivity index (χ0) is 30.7. The van der Waals surface area contributed by atoms with Crippen molar-refractivity contribution in [3.05, 3.63) is 83.9 Å². The fraction of sp³-hybridized carbons (Fsp3) is 0.333. The molecular weight excluding hydrogens is 580 g/mol. The van der Waals surface area contributed by atoms with E-state index in [9.17, 15) is 28.2 Å². The minimum atomic E-state index is -3.87. The molecule has 42 heavy (non-hydrogen) atoms. The summed E-state index contributed by atoms with van der Waals surface area (Å²) in [4.78, 5) is 26.2. The molecule has 0 spiro atoms. The summed E-state index contributed by atoms with van der Waals surface area (Å²) in [5.74, 6) is -0.537. The van der Waals surface area contributed by atoms with Gasteiger partial charge in [0.15, 0.2) is 0 Å². The third-order valence-electron chi connectivity index (χ3n) is 6.07. The lowest BCUT2D eigenvalue weighted by Gasteiger charge is -2.22. The van der Waals surface area contributed by atoms with Crippen LogP contribution in [0.25, 0.3) is 11.1 Å². The van der Waals surface area contributed by atoms with Crippen LogP contribution >= 0.6 is 11.8 Å². The van der Waals surface area contributed by atoms with E-state index in [1.165, 1.54) is 11.8 Å². The van der Waals surface area contributed by atoms with Crippen molar-refractivity contribution in [1.82, 2.24) is 9.62 Å². The zero-order valence-electron chi connectivity index (χ0n) is 23.5. The van der Waals surface area contributed by atoms with Crippen LogP contribution in [-0.4, -0.2) is 77.9 Å². The smallest absolute Gasteiger partial charge is 0.407 e. The third-order valence-corrected chi connectivity index (χ3v) is 8.46. The summed E-state index contributed by atoms with van der Waals surface area (Å²) in [6.07, 6.45) is -2.07. The van der Waals surface area contributed by atoms with Gasteiger partial charge in [-0.1, -0.05) is 62.4 Å². The molecule has 1 atom stereocenters. The summed E-state index contributed by atoms with van der Waals surface area (Å²) >= 11 is 1.44. The Hall–Kier alpha value is -3.58. The van der Waals surface area contributed by atoms with Gasteiger partial charge in [0, 0.05) is 16.8 Å². The van der Waals surface area contributed by atoms with Gasteiger partial charge in [-0.25, -0.2) is 17.9 Å². The molecule has 0 unspecified atom stereocenters. The first-order valence-corrected chi connectivity index (χ1v) is 15.9. The molecule has 0 saturated carbocycles. The number of aliphatic hydroxyl groups excluding tert-OH is 2. The summed E-state index contributed by atoms with van der Waals surface area (Å²) in [6.45, 7) is 3.72. The average Bonchev–Trinajstić information content (AvgIpc) is 2.95. The molecular formula is C30H36N2O8S2. The predicted octanol–water partition coefficient (Wildman–Crippen LogP) is 4.39. The minimum absolute atomic E-state index is 0.0318. The molecule has 4 N–H and O–H groups in total. The van der Waals surface area contributed by atoms with Crippen molar-refractivity contribution < 1.29 is 38.1 Å². The number of carbonyl (C=O) groups excluding carboxylic acids is 1. The van der Waals surface area contributed by atoms with Gasteiger partial charge < -0.3 is 25.0 Å². The molecule has 0 radical (unpaired) electrons. The second-order valence-electron chi connectivity index (χ2n) is 9.73. The molecule has 3 aromatic carbocycles. The van der Waals surface area contributed by atoms with Gasteiger partial charge in [0.05, 0.1) is 30.5 Å². The number of hydrogen-bond acceptors (Lipinski definition) is 8. The summed E-state index contributed by atoms with van der Waals surface area (Å²) < 4.78 is 32.2. The van der Waals surface area contributed by atoms with E-state index in [4.69, 9.17) is 9.84 Å². The van der Waals surface area contributed by atoms with Crippen molar-refractivity contribution in [2.75, 3.05) is 32.1 Å². The Labute approximate surface area is 250 Å². The number of benzene rings is 3. The monoisotopic (exact) mass is 616 g/mol. The third kappa shape index (κ3) is 10.1. The fourth-order valence-electron chi connectivity index (χ4n) is 4.01. The van der Waals surface area contributed by atoms with Crippen LogP contribution in [0.2, 0.25) is 0 Å². The lowest BCUT2D eigenvalue weighted by Crippen LogP contribution is -2.36. The summed E-state index contributed by atoms with van der Waals surface area (Å²) in [5, 5.41) is 29.0. The van der Waals surface area contributed by atoms with Crippen molar-refractivity contribution in [2.24, 2.45) is 0 Å². The Kier molecular flexibility index (Phi) is 12.2. The second kappa shape index (κ2) is 15.6. The normalized spacial score (nSPS) is 12.1. The maximum Gasteiger partial charge on any atom is 0.407 e. The number of aliphatic hydroxyl groups is 2. The van der Waals surface area contributed by atoms with Gasteiger partial charge in [-0.2, -0.15) is 0 Å². The first-order valence-electron chi connectivity index (χ1n) is 13.4. The van der Waals surface area contributed by atoms with Gasteiger partial charge in [-0.3, -0.25) is 4.79 Å². The highest BCUT2D eigenvalue weighted by Gasteiger charge is 2.20. The number of nitrogens with one attached hydrogen (secondary N) is 1. The molecule has 12 heteroatoms. The first kappa shape index (κ1) is 32.9. The molecule has 10 nitrogen and oxygen atoms in total. The van der Waals surface area contributed by atoms with E-state index < -0.39 is 28.1 Å². The number of rotatable bonds is 15. The summed E-state index contributed by atoms with van der Waals surface area (Å²) in [6, 6.07) is 21.2. The highest BCUT2D eigenvalue weighted by Crippen LogP contribution is 2.32. The second-order valence-corrected chi connectivity index (χ2v) is 13.2. The molecule has 2 amide bonds. The van der Waals surface area contributed by atoms with E-state index in [-0.39, 0.29) is 49.3 Å². The van der Waals surface area contributed by atoms with E-state index in [1.807, 2.05) is 38.1 Å². The molecule has 226 valence electrons. The highest BCUT2D eigenvalue weighted by molar-refractivity contribution is 8.00. The fourth-order valence-corrected chi connectivity index (χ4v) is 6.01. The van der Waals surface area contributed by atoms with E-state index in [1.54, 1.807) is 48.5 Å². The van der Waals surface area contributed by atoms with Crippen molar-refractivity contribution in [1.29, 1.82) is 0 Å². The van der Waals surface area contributed by atoms with Crippen LogP contribution in [0.15, 0.2) is 77.7 Å². The average molecular weight is 617 g/mol. The maximum absolute atomic E-state index is 12.8. The Balaban J connectivity index is 1.66. The number of carboxylic acid groups (broad SMARTS) is 1. The SMILES string of the molecule is CC(C)Sc1cc(-c2ccc(OCCN(C[C@@H](O)c3ccccc3)C(=O)O)cc2)ccc1C(=O)NS(=O)(=O)CCCO. The van der Waals surface area contributed by atoms with E-state index >= 15 is 0 Å². The van der Waals surface area contributed by atoms with Crippen molar-refractivity contribution in [2.45, 2.75) is 36.5 Å². The molecule has 0 bridgehead atoms. The topological polar surface area (TPSA) is 153 Å². The summed E-state index contributed by atoms with van der Waals surface area (Å²) in [7, 11) is -3.87. The lowest BCUT2D eigenvalue weighted by molar-refractivity contribution is 0.0894. The van der Waals surface area contributed by atoms with Crippen LogP contribution in [0.4, 0.5) is 4.79 Å². The molecule has 0 aliphatic heterocycles. The van der Waals surface area contributed by atoms with Gasteiger partial charge in [0.2, 0.25) is 10.0 Å². The number of ether oxygens (including phenoxy) is 1. The van der Waals surface area contributed by atoms with Crippen LogP contribution in [-0.2, 0) is 10.0 Å². The molecule has 0 aliphatic carbocycles. The number of thioether (sulfide) groups is 1. The van der Waals surface area contributed by atoms with Gasteiger partial charge in [0.25, 0.3) is 5.91 Å². The minimum Gasteiger partial charge on any atom is -0.492 e. The standard InChI is InChI=1S/C30H36N2O8S2/c1-21(2)41-28-19-24(11-14-26(28)29(35)31-42(38,39)18-6-16-33)22-9-12-25(13-10-22)40-17-15-32(30(36)37)20-27(34)23-7-4-3-5-8-23/h3-5,7-14,19,21,27,33-34H,6,15-18,20H2,1-2H3,(H,31,35)(H,36,37)/t27-/m1/s1. The van der Waals surface area contributed by atoms with Gasteiger partial charge >= 0.3 is 6.09 Å². The molecule has 0 heterocycles. The van der Waals surface area contributed by atoms with Crippen LogP contribution < -0.4 is 9.46 Å². The lowest BCUT2D eigenvalue weighted by atomic mass is 10.0. The number of sulfonamides is 1. The number of nitrogens with zero attached hydrogens (tertiary/aromatic N) is 1. The number of hydrogen-bond donors (Lipinski definition) is 4. The molecule has 0 fully saturated rings. The largest absolute Gasteiger partial charge is 0.492 e. The highest BCUT2D eigenvalue weighted by atomic mass is 32.2. The number of carbonyl (C=O) groups is 2. The van der Waals surface area contributed by atoms with Gasteiger partial charge in [-0.15, -0.1) is 11.8 Å². The molecule has 3 aromatic rings. The Morgan fingerprint density at radius 3 is 2.29 bits per heavy atom.